The van der Waals surface area contributed by atoms with Gasteiger partial charge in [0.25, 0.3) is 0 Å². The van der Waals surface area contributed by atoms with Gasteiger partial charge in [0.1, 0.15) is 0 Å². The van der Waals surface area contributed by atoms with Crippen molar-refractivity contribution < 1.29 is 0 Å². The van der Waals surface area contributed by atoms with Crippen molar-refractivity contribution in [2.45, 2.75) is 45.2 Å². The van der Waals surface area contributed by atoms with Crippen molar-refractivity contribution in [2.75, 3.05) is 0 Å². The Morgan fingerprint density at radius 1 is 1.57 bits per heavy atom. The number of rotatable bonds is 3. The predicted octanol–water partition coefficient (Wildman–Crippen LogP) is 3.85. The Morgan fingerprint density at radius 3 is 2.71 bits per heavy atom. The van der Waals surface area contributed by atoms with E-state index in [1.165, 1.54) is 33.5 Å². The van der Waals surface area contributed by atoms with Gasteiger partial charge in [0, 0.05) is 26.3 Å². The summed E-state index contributed by atoms with van der Waals surface area (Å²) in [4.78, 5) is 2.81. The van der Waals surface area contributed by atoms with Gasteiger partial charge in [-0.25, -0.2) is 0 Å². The SMILES string of the molecule is Cc1sc(CNC2(C)CCC2)cc1Br. The third-order valence-electron chi connectivity index (χ3n) is 3.05. The molecule has 0 aliphatic heterocycles. The highest BCUT2D eigenvalue weighted by atomic mass is 79.9. The van der Waals surface area contributed by atoms with Crippen LogP contribution in [0.15, 0.2) is 10.5 Å². The fraction of sp³-hybridized carbons (Fsp3) is 0.636. The Kier molecular flexibility index (Phi) is 3.01. The summed E-state index contributed by atoms with van der Waals surface area (Å²) in [6.45, 7) is 5.50. The topological polar surface area (TPSA) is 12.0 Å². The molecule has 1 saturated carbocycles. The summed E-state index contributed by atoms with van der Waals surface area (Å²) in [5.41, 5.74) is 0.421. The molecule has 0 atom stereocenters. The van der Waals surface area contributed by atoms with Crippen LogP contribution in [0, 0.1) is 6.92 Å². The molecular formula is C11H16BrNS. The smallest absolute Gasteiger partial charge is 0.0314 e. The predicted molar refractivity (Wildman–Crippen MR) is 65.9 cm³/mol. The van der Waals surface area contributed by atoms with Crippen LogP contribution in [-0.2, 0) is 6.54 Å². The lowest BCUT2D eigenvalue weighted by molar-refractivity contribution is 0.207. The van der Waals surface area contributed by atoms with Crippen LogP contribution in [-0.4, -0.2) is 5.54 Å². The molecule has 0 radical (unpaired) electrons. The normalized spacial score (nSPS) is 19.4. The number of hydrogen-bond acceptors (Lipinski definition) is 2. The molecule has 1 aromatic rings. The molecule has 0 saturated heterocycles. The molecule has 1 nitrogen and oxygen atoms in total. The molecular weight excluding hydrogens is 258 g/mol. The first kappa shape index (κ1) is 10.7. The molecule has 1 aliphatic carbocycles. The van der Waals surface area contributed by atoms with Gasteiger partial charge in [-0.2, -0.15) is 0 Å². The molecule has 1 aliphatic rings. The zero-order chi connectivity index (χ0) is 10.2. The molecule has 14 heavy (non-hydrogen) atoms. The Balaban J connectivity index is 1.91. The maximum atomic E-state index is 3.64. The van der Waals surface area contributed by atoms with Gasteiger partial charge in [0.15, 0.2) is 0 Å². The van der Waals surface area contributed by atoms with E-state index >= 15 is 0 Å². The van der Waals surface area contributed by atoms with Gasteiger partial charge in [-0.15, -0.1) is 11.3 Å². The third kappa shape index (κ3) is 2.20. The van der Waals surface area contributed by atoms with E-state index in [2.05, 4.69) is 41.2 Å². The van der Waals surface area contributed by atoms with Gasteiger partial charge in [0.05, 0.1) is 0 Å². The molecule has 0 aromatic carbocycles. The quantitative estimate of drug-likeness (QED) is 0.882. The van der Waals surface area contributed by atoms with Crippen LogP contribution in [0.25, 0.3) is 0 Å². The highest BCUT2D eigenvalue weighted by Crippen LogP contribution is 2.32. The highest BCUT2D eigenvalue weighted by Gasteiger charge is 2.30. The summed E-state index contributed by atoms with van der Waals surface area (Å²) in [5, 5.41) is 3.64. The number of thiophene rings is 1. The molecule has 1 heterocycles. The summed E-state index contributed by atoms with van der Waals surface area (Å²) in [7, 11) is 0. The lowest BCUT2D eigenvalue weighted by Gasteiger charge is -2.39. The van der Waals surface area contributed by atoms with Crippen molar-refractivity contribution >= 4 is 27.3 Å². The van der Waals surface area contributed by atoms with Gasteiger partial charge in [-0.1, -0.05) is 0 Å². The van der Waals surface area contributed by atoms with Crippen LogP contribution in [0.4, 0.5) is 0 Å². The molecule has 1 aromatic heterocycles. The van der Waals surface area contributed by atoms with Gasteiger partial charge in [-0.05, 0) is 55.1 Å². The van der Waals surface area contributed by atoms with Crippen molar-refractivity contribution in [3.63, 3.8) is 0 Å². The summed E-state index contributed by atoms with van der Waals surface area (Å²) in [5.74, 6) is 0. The lowest BCUT2D eigenvalue weighted by atomic mass is 9.78. The second kappa shape index (κ2) is 3.95. The van der Waals surface area contributed by atoms with Crippen molar-refractivity contribution in [2.24, 2.45) is 0 Å². The molecule has 0 bridgehead atoms. The number of aryl methyl sites for hydroxylation is 1. The van der Waals surface area contributed by atoms with Gasteiger partial charge < -0.3 is 5.32 Å². The van der Waals surface area contributed by atoms with Crippen LogP contribution in [0.2, 0.25) is 0 Å². The minimum atomic E-state index is 0.421. The van der Waals surface area contributed by atoms with Crippen molar-refractivity contribution in [3.8, 4) is 0 Å². The van der Waals surface area contributed by atoms with E-state index in [1.807, 2.05) is 11.3 Å². The van der Waals surface area contributed by atoms with Gasteiger partial charge in [0.2, 0.25) is 0 Å². The van der Waals surface area contributed by atoms with Gasteiger partial charge in [-0.3, -0.25) is 0 Å². The molecule has 0 spiro atoms. The monoisotopic (exact) mass is 273 g/mol. The minimum absolute atomic E-state index is 0.421. The first-order valence-corrected chi connectivity index (χ1v) is 6.70. The van der Waals surface area contributed by atoms with Crippen LogP contribution in [0.5, 0.6) is 0 Å². The molecule has 3 heteroatoms. The molecule has 0 unspecified atom stereocenters. The lowest BCUT2D eigenvalue weighted by Crippen LogP contribution is -2.47. The average molecular weight is 274 g/mol. The number of halogens is 1. The zero-order valence-electron chi connectivity index (χ0n) is 8.69. The first-order valence-electron chi connectivity index (χ1n) is 5.09. The standard InChI is InChI=1S/C11H16BrNS/c1-8-10(12)6-9(14-8)7-13-11(2)4-3-5-11/h6,13H,3-5,7H2,1-2H3. The summed E-state index contributed by atoms with van der Waals surface area (Å²) in [6, 6.07) is 2.23. The van der Waals surface area contributed by atoms with E-state index in [0.29, 0.717) is 5.54 Å². The highest BCUT2D eigenvalue weighted by molar-refractivity contribution is 9.10. The minimum Gasteiger partial charge on any atom is -0.307 e. The van der Waals surface area contributed by atoms with Crippen molar-refractivity contribution in [3.05, 3.63) is 20.3 Å². The molecule has 1 N–H and O–H groups in total. The fourth-order valence-electron chi connectivity index (χ4n) is 1.79. The maximum Gasteiger partial charge on any atom is 0.0314 e. The Labute approximate surface area is 98.0 Å². The average Bonchev–Trinajstić information content (AvgIpc) is 2.40. The molecule has 2 rings (SSSR count). The second-order valence-corrected chi connectivity index (χ2v) is 6.58. The number of hydrogen-bond donors (Lipinski definition) is 1. The van der Waals surface area contributed by atoms with E-state index < -0.39 is 0 Å². The van der Waals surface area contributed by atoms with E-state index in [-0.39, 0.29) is 0 Å². The van der Waals surface area contributed by atoms with E-state index in [0.717, 1.165) is 6.54 Å². The Morgan fingerprint density at radius 2 is 2.29 bits per heavy atom. The maximum absolute atomic E-state index is 3.64. The van der Waals surface area contributed by atoms with Gasteiger partial charge >= 0.3 is 0 Å². The molecule has 1 fully saturated rings. The first-order chi connectivity index (χ1) is 6.59. The summed E-state index contributed by atoms with van der Waals surface area (Å²) in [6.07, 6.45) is 4.05. The van der Waals surface area contributed by atoms with E-state index in [9.17, 15) is 0 Å². The van der Waals surface area contributed by atoms with Crippen LogP contribution in [0.1, 0.15) is 35.9 Å². The second-order valence-electron chi connectivity index (χ2n) is 4.38. The van der Waals surface area contributed by atoms with E-state index in [1.54, 1.807) is 0 Å². The molecule has 0 amide bonds. The number of nitrogens with one attached hydrogen (secondary N) is 1. The largest absolute Gasteiger partial charge is 0.307 e. The zero-order valence-corrected chi connectivity index (χ0v) is 11.1. The Bertz CT molecular complexity index is 309. The van der Waals surface area contributed by atoms with Crippen molar-refractivity contribution in [1.29, 1.82) is 0 Å². The van der Waals surface area contributed by atoms with Crippen LogP contribution >= 0.6 is 27.3 Å². The van der Waals surface area contributed by atoms with Crippen LogP contribution < -0.4 is 5.32 Å². The summed E-state index contributed by atoms with van der Waals surface area (Å²) >= 11 is 5.43. The van der Waals surface area contributed by atoms with Crippen molar-refractivity contribution in [1.82, 2.24) is 5.32 Å². The molecule has 78 valence electrons. The fourth-order valence-corrected chi connectivity index (χ4v) is 3.33. The van der Waals surface area contributed by atoms with Crippen LogP contribution in [0.3, 0.4) is 0 Å². The Hall–Kier alpha value is 0.140. The third-order valence-corrected chi connectivity index (χ3v) is 5.19. The van der Waals surface area contributed by atoms with E-state index in [4.69, 9.17) is 0 Å². The summed E-state index contributed by atoms with van der Waals surface area (Å²) < 4.78 is 1.25.